The van der Waals surface area contributed by atoms with Gasteiger partial charge in [-0.3, -0.25) is 4.79 Å². The van der Waals surface area contributed by atoms with Crippen LogP contribution in [0, 0.1) is 0 Å². The molecule has 3 aromatic carbocycles. The van der Waals surface area contributed by atoms with Crippen LogP contribution in [-0.4, -0.2) is 15.7 Å². The second kappa shape index (κ2) is 9.71. The van der Waals surface area contributed by atoms with Gasteiger partial charge in [-0.1, -0.05) is 24.3 Å². The lowest BCUT2D eigenvalue weighted by atomic mass is 10.2. The second-order valence-corrected chi connectivity index (χ2v) is 8.69. The van der Waals surface area contributed by atoms with Gasteiger partial charge in [0, 0.05) is 11.3 Å². The fraction of sp³-hybridized carbons (Fsp3) is 0.0370. The molecule has 0 aliphatic heterocycles. The van der Waals surface area contributed by atoms with Gasteiger partial charge in [-0.05, 0) is 78.2 Å². The minimum absolute atomic E-state index is 0.326. The summed E-state index contributed by atoms with van der Waals surface area (Å²) in [7, 11) is 0. The number of anilines is 1. The molecule has 5 rings (SSSR count). The van der Waals surface area contributed by atoms with Gasteiger partial charge < -0.3 is 10.1 Å². The van der Waals surface area contributed by atoms with Gasteiger partial charge in [0.2, 0.25) is 0 Å². The van der Waals surface area contributed by atoms with Crippen molar-refractivity contribution >= 4 is 22.9 Å². The van der Waals surface area contributed by atoms with Crippen LogP contribution in [0.25, 0.3) is 16.3 Å². The number of hydrogen-bond donors (Lipinski definition) is 1. The van der Waals surface area contributed by atoms with E-state index in [4.69, 9.17) is 4.74 Å². The maximum absolute atomic E-state index is 13.3. The van der Waals surface area contributed by atoms with E-state index in [9.17, 15) is 18.0 Å². The molecule has 0 saturated carbocycles. The zero-order chi connectivity index (χ0) is 25.1. The molecule has 2 heterocycles. The summed E-state index contributed by atoms with van der Waals surface area (Å²) in [5.41, 5.74) is 0.684. The number of aromatic nitrogens is 2. The third kappa shape index (κ3) is 5.16. The van der Waals surface area contributed by atoms with Crippen molar-refractivity contribution in [2.45, 2.75) is 6.18 Å². The number of thiophene rings is 1. The molecule has 5 nitrogen and oxygen atoms in total. The molecule has 0 fully saturated rings. The van der Waals surface area contributed by atoms with Gasteiger partial charge in [-0.15, -0.1) is 11.3 Å². The number of nitrogens with zero attached hydrogens (tertiary/aromatic N) is 2. The fourth-order valence-electron chi connectivity index (χ4n) is 3.50. The van der Waals surface area contributed by atoms with Crippen molar-refractivity contribution in [1.82, 2.24) is 9.78 Å². The first-order valence-electron chi connectivity index (χ1n) is 10.8. The van der Waals surface area contributed by atoms with Crippen molar-refractivity contribution in [1.29, 1.82) is 0 Å². The highest BCUT2D eigenvalue weighted by Crippen LogP contribution is 2.34. The normalized spacial score (nSPS) is 11.3. The fourth-order valence-corrected chi connectivity index (χ4v) is 4.23. The molecule has 0 aliphatic rings. The molecule has 180 valence electrons. The SMILES string of the molecule is O=C(Nc1ccc(Oc2ccccc2)cc1)c1ccc(-n2nc(C(F)(F)F)cc2-c2cccs2)cc1. The molecule has 0 unspecified atom stereocenters. The van der Waals surface area contributed by atoms with Crippen LogP contribution in [0.1, 0.15) is 16.1 Å². The smallest absolute Gasteiger partial charge is 0.435 e. The number of rotatable bonds is 6. The van der Waals surface area contributed by atoms with Gasteiger partial charge >= 0.3 is 6.18 Å². The number of nitrogens with one attached hydrogen (secondary N) is 1. The highest BCUT2D eigenvalue weighted by atomic mass is 32.1. The third-order valence-electron chi connectivity index (χ3n) is 5.24. The van der Waals surface area contributed by atoms with E-state index < -0.39 is 11.9 Å². The van der Waals surface area contributed by atoms with Crippen molar-refractivity contribution in [3.05, 3.63) is 114 Å². The van der Waals surface area contributed by atoms with E-state index >= 15 is 0 Å². The average molecular weight is 506 g/mol. The molecule has 1 N–H and O–H groups in total. The van der Waals surface area contributed by atoms with Gasteiger partial charge in [-0.2, -0.15) is 18.3 Å². The molecule has 0 saturated heterocycles. The standard InChI is InChI=1S/C27H18F3N3O2S/c28-27(29,30)25-17-23(24-7-4-16-36-24)33(32-25)20-12-8-18(9-13-20)26(34)31-19-10-14-22(15-11-19)35-21-5-2-1-3-6-21/h1-17H,(H,31,34). The maximum atomic E-state index is 13.3. The van der Waals surface area contributed by atoms with E-state index in [-0.39, 0.29) is 5.91 Å². The molecular weight excluding hydrogens is 487 g/mol. The molecule has 0 aliphatic carbocycles. The third-order valence-corrected chi connectivity index (χ3v) is 6.13. The molecule has 9 heteroatoms. The van der Waals surface area contributed by atoms with E-state index in [0.717, 1.165) is 6.07 Å². The lowest BCUT2D eigenvalue weighted by Crippen LogP contribution is -2.12. The summed E-state index contributed by atoms with van der Waals surface area (Å²) in [6.45, 7) is 0. The Hall–Kier alpha value is -4.37. The van der Waals surface area contributed by atoms with Gasteiger partial charge in [0.25, 0.3) is 5.91 Å². The minimum Gasteiger partial charge on any atom is -0.457 e. The molecule has 0 radical (unpaired) electrons. The zero-order valence-electron chi connectivity index (χ0n) is 18.6. The minimum atomic E-state index is -4.57. The van der Waals surface area contributed by atoms with E-state index in [1.807, 2.05) is 30.3 Å². The van der Waals surface area contributed by atoms with Gasteiger partial charge in [0.1, 0.15) is 11.5 Å². The summed E-state index contributed by atoms with van der Waals surface area (Å²) in [6, 6.07) is 27.0. The Bertz CT molecular complexity index is 1460. The number of benzene rings is 3. The Morgan fingerprint density at radius 3 is 2.19 bits per heavy atom. The molecule has 1 amide bonds. The Morgan fingerprint density at radius 1 is 0.861 bits per heavy atom. The number of ether oxygens (including phenoxy) is 1. The first kappa shape index (κ1) is 23.4. The van der Waals surface area contributed by atoms with Crippen LogP contribution >= 0.6 is 11.3 Å². The molecule has 0 bridgehead atoms. The summed E-state index contributed by atoms with van der Waals surface area (Å²) in [5, 5.41) is 8.36. The number of amides is 1. The van der Waals surface area contributed by atoms with Crippen molar-refractivity contribution in [2.75, 3.05) is 5.32 Å². The largest absolute Gasteiger partial charge is 0.457 e. The van der Waals surface area contributed by atoms with E-state index in [2.05, 4.69) is 10.4 Å². The number of carbonyl (C=O) groups excluding carboxylic acids is 1. The highest BCUT2D eigenvalue weighted by molar-refractivity contribution is 7.13. The van der Waals surface area contributed by atoms with E-state index in [1.165, 1.54) is 16.0 Å². The van der Waals surface area contributed by atoms with Crippen LogP contribution in [-0.2, 0) is 6.18 Å². The lowest BCUT2D eigenvalue weighted by molar-refractivity contribution is -0.141. The molecule has 36 heavy (non-hydrogen) atoms. The monoisotopic (exact) mass is 505 g/mol. The topological polar surface area (TPSA) is 56.1 Å². The first-order chi connectivity index (χ1) is 17.4. The lowest BCUT2D eigenvalue weighted by Gasteiger charge is -2.10. The number of alkyl halides is 3. The zero-order valence-corrected chi connectivity index (χ0v) is 19.4. The van der Waals surface area contributed by atoms with Crippen LogP contribution in [0.2, 0.25) is 0 Å². The summed E-state index contributed by atoms with van der Waals surface area (Å²) < 4.78 is 46.9. The van der Waals surface area contributed by atoms with Gasteiger partial charge in [-0.25, -0.2) is 4.68 Å². The number of halogens is 3. The summed E-state index contributed by atoms with van der Waals surface area (Å²) >= 11 is 1.32. The van der Waals surface area contributed by atoms with Crippen LogP contribution in [0.4, 0.5) is 18.9 Å². The van der Waals surface area contributed by atoms with E-state index in [0.29, 0.717) is 39.0 Å². The van der Waals surface area contributed by atoms with Crippen molar-refractivity contribution in [3.8, 4) is 27.8 Å². The number of hydrogen-bond acceptors (Lipinski definition) is 4. The molecule has 0 atom stereocenters. The molecular formula is C27H18F3N3O2S. The van der Waals surface area contributed by atoms with Gasteiger partial charge in [0.05, 0.1) is 16.3 Å². The molecule has 0 spiro atoms. The van der Waals surface area contributed by atoms with Crippen LogP contribution in [0.3, 0.4) is 0 Å². The Balaban J connectivity index is 1.31. The Morgan fingerprint density at radius 2 is 1.56 bits per heavy atom. The van der Waals surface area contributed by atoms with Crippen LogP contribution in [0.5, 0.6) is 11.5 Å². The van der Waals surface area contributed by atoms with Crippen molar-refractivity contribution < 1.29 is 22.7 Å². The van der Waals surface area contributed by atoms with Crippen molar-refractivity contribution in [3.63, 3.8) is 0 Å². The summed E-state index contributed by atoms with van der Waals surface area (Å²) in [4.78, 5) is 13.4. The Labute approximate surface area is 208 Å². The summed E-state index contributed by atoms with van der Waals surface area (Å²) in [6.07, 6.45) is -4.57. The predicted octanol–water partition coefficient (Wildman–Crippen LogP) is 7.66. The summed E-state index contributed by atoms with van der Waals surface area (Å²) in [5.74, 6) is 0.979. The highest BCUT2D eigenvalue weighted by Gasteiger charge is 2.35. The van der Waals surface area contributed by atoms with E-state index in [1.54, 1.807) is 66.0 Å². The quantitative estimate of drug-likeness (QED) is 0.258. The Kier molecular flexibility index (Phi) is 6.30. The number of para-hydroxylation sites is 1. The van der Waals surface area contributed by atoms with Crippen LogP contribution in [0.15, 0.2) is 102 Å². The van der Waals surface area contributed by atoms with Gasteiger partial charge in [0.15, 0.2) is 5.69 Å². The van der Waals surface area contributed by atoms with Crippen LogP contribution < -0.4 is 10.1 Å². The molecule has 5 aromatic rings. The second-order valence-electron chi connectivity index (χ2n) is 7.74. The first-order valence-corrected chi connectivity index (χ1v) is 11.7. The molecule has 2 aromatic heterocycles. The average Bonchev–Trinajstić information content (AvgIpc) is 3.56. The van der Waals surface area contributed by atoms with Crippen molar-refractivity contribution in [2.24, 2.45) is 0 Å². The number of carbonyl (C=O) groups is 1. The maximum Gasteiger partial charge on any atom is 0.435 e. The predicted molar refractivity (Wildman–Crippen MR) is 133 cm³/mol.